The average molecular weight is 279 g/mol. The third-order valence-corrected chi connectivity index (χ3v) is 3.73. The van der Waals surface area contributed by atoms with Gasteiger partial charge in [0, 0.05) is 19.4 Å². The van der Waals surface area contributed by atoms with Gasteiger partial charge in [0.1, 0.15) is 5.82 Å². The first-order chi connectivity index (χ1) is 9.08. The van der Waals surface area contributed by atoms with Crippen LogP contribution in [0.15, 0.2) is 41.8 Å². The molecule has 1 amide bonds. The SMILES string of the molecule is CC(Sc1nccn1C)C(=O)Nc1ccccc1F. The maximum absolute atomic E-state index is 13.4. The summed E-state index contributed by atoms with van der Waals surface area (Å²) in [5, 5.41) is 2.96. The number of carbonyl (C=O) groups excluding carboxylic acids is 1. The number of amides is 1. The Balaban J connectivity index is 2.00. The predicted molar refractivity (Wildman–Crippen MR) is 73.6 cm³/mol. The minimum absolute atomic E-state index is 0.194. The Hall–Kier alpha value is -1.82. The van der Waals surface area contributed by atoms with Crippen LogP contribution in [0.5, 0.6) is 0 Å². The molecule has 6 heteroatoms. The van der Waals surface area contributed by atoms with E-state index in [1.165, 1.54) is 23.9 Å². The van der Waals surface area contributed by atoms with Gasteiger partial charge in [0.15, 0.2) is 5.16 Å². The third kappa shape index (κ3) is 3.35. The molecule has 2 rings (SSSR count). The van der Waals surface area contributed by atoms with Gasteiger partial charge in [-0.3, -0.25) is 4.79 Å². The van der Waals surface area contributed by atoms with Crippen molar-refractivity contribution in [2.45, 2.75) is 17.3 Å². The first kappa shape index (κ1) is 13.6. The van der Waals surface area contributed by atoms with Gasteiger partial charge in [-0.05, 0) is 19.1 Å². The number of para-hydroxylation sites is 1. The number of hydrogen-bond acceptors (Lipinski definition) is 3. The number of nitrogens with one attached hydrogen (secondary N) is 1. The molecule has 1 N–H and O–H groups in total. The zero-order valence-electron chi connectivity index (χ0n) is 10.6. The largest absolute Gasteiger partial charge is 0.329 e. The van der Waals surface area contributed by atoms with E-state index in [-0.39, 0.29) is 16.8 Å². The van der Waals surface area contributed by atoms with Crippen LogP contribution in [-0.2, 0) is 11.8 Å². The summed E-state index contributed by atoms with van der Waals surface area (Å²) in [5.41, 5.74) is 0.194. The lowest BCUT2D eigenvalue weighted by molar-refractivity contribution is -0.115. The molecule has 0 saturated heterocycles. The summed E-state index contributed by atoms with van der Waals surface area (Å²) in [6, 6.07) is 6.10. The highest BCUT2D eigenvalue weighted by Crippen LogP contribution is 2.22. The summed E-state index contributed by atoms with van der Waals surface area (Å²) >= 11 is 1.33. The third-order valence-electron chi connectivity index (χ3n) is 2.56. The van der Waals surface area contributed by atoms with E-state index in [1.54, 1.807) is 25.3 Å². The fraction of sp³-hybridized carbons (Fsp3) is 0.231. The highest BCUT2D eigenvalue weighted by molar-refractivity contribution is 8.00. The zero-order chi connectivity index (χ0) is 13.8. The van der Waals surface area contributed by atoms with Crippen molar-refractivity contribution >= 4 is 23.4 Å². The molecule has 4 nitrogen and oxygen atoms in total. The molecule has 1 aromatic carbocycles. The second-order valence-corrected chi connectivity index (χ2v) is 5.36. The minimum atomic E-state index is -0.440. The molecule has 100 valence electrons. The second kappa shape index (κ2) is 5.88. The number of nitrogens with zero attached hydrogens (tertiary/aromatic N) is 2. The van der Waals surface area contributed by atoms with Crippen molar-refractivity contribution in [3.8, 4) is 0 Å². The van der Waals surface area contributed by atoms with Crippen molar-refractivity contribution in [1.82, 2.24) is 9.55 Å². The Kier molecular flexibility index (Phi) is 4.21. The summed E-state index contributed by atoms with van der Waals surface area (Å²) in [6.45, 7) is 1.76. The van der Waals surface area contributed by atoms with Crippen molar-refractivity contribution < 1.29 is 9.18 Å². The molecule has 0 bridgehead atoms. The molecular formula is C13H14FN3OS. The molecule has 19 heavy (non-hydrogen) atoms. The molecule has 1 aromatic heterocycles. The summed E-state index contributed by atoms with van der Waals surface area (Å²) in [4.78, 5) is 16.1. The van der Waals surface area contributed by atoms with Crippen molar-refractivity contribution in [1.29, 1.82) is 0 Å². The van der Waals surface area contributed by atoms with E-state index < -0.39 is 5.82 Å². The number of halogens is 1. The maximum atomic E-state index is 13.4. The lowest BCUT2D eigenvalue weighted by atomic mass is 10.3. The Morgan fingerprint density at radius 2 is 2.21 bits per heavy atom. The molecule has 0 aliphatic rings. The molecule has 1 atom stereocenters. The van der Waals surface area contributed by atoms with E-state index in [9.17, 15) is 9.18 Å². The average Bonchev–Trinajstić information content (AvgIpc) is 2.78. The number of rotatable bonds is 4. The van der Waals surface area contributed by atoms with Crippen LogP contribution in [0.4, 0.5) is 10.1 Å². The minimum Gasteiger partial charge on any atom is -0.329 e. The molecule has 2 aromatic rings. The van der Waals surface area contributed by atoms with Crippen LogP contribution < -0.4 is 5.32 Å². The molecule has 0 aliphatic carbocycles. The Labute approximate surface area is 115 Å². The van der Waals surface area contributed by atoms with Gasteiger partial charge in [0.2, 0.25) is 5.91 Å². The monoisotopic (exact) mass is 279 g/mol. The van der Waals surface area contributed by atoms with Crippen LogP contribution >= 0.6 is 11.8 Å². The van der Waals surface area contributed by atoms with E-state index in [2.05, 4.69) is 10.3 Å². The molecule has 0 spiro atoms. The van der Waals surface area contributed by atoms with Gasteiger partial charge in [0.05, 0.1) is 10.9 Å². The summed E-state index contributed by atoms with van der Waals surface area (Å²) in [5.74, 6) is -0.692. The standard InChI is InChI=1S/C13H14FN3OS/c1-9(19-13-15-7-8-17(13)2)12(18)16-11-6-4-3-5-10(11)14/h3-9H,1-2H3,(H,16,18). The van der Waals surface area contributed by atoms with Crippen LogP contribution in [0.25, 0.3) is 0 Å². The van der Waals surface area contributed by atoms with Crippen LogP contribution in [0.3, 0.4) is 0 Å². The number of thioether (sulfide) groups is 1. The number of carbonyl (C=O) groups is 1. The maximum Gasteiger partial charge on any atom is 0.237 e. The van der Waals surface area contributed by atoms with E-state index in [0.29, 0.717) is 0 Å². The van der Waals surface area contributed by atoms with E-state index in [0.717, 1.165) is 5.16 Å². The molecule has 0 saturated carbocycles. The lowest BCUT2D eigenvalue weighted by Crippen LogP contribution is -2.23. The van der Waals surface area contributed by atoms with E-state index >= 15 is 0 Å². The normalized spacial score (nSPS) is 12.2. The molecule has 0 aliphatic heterocycles. The number of aryl methyl sites for hydroxylation is 1. The molecular weight excluding hydrogens is 265 g/mol. The number of hydrogen-bond donors (Lipinski definition) is 1. The fourth-order valence-electron chi connectivity index (χ4n) is 1.47. The zero-order valence-corrected chi connectivity index (χ0v) is 11.4. The van der Waals surface area contributed by atoms with Gasteiger partial charge >= 0.3 is 0 Å². The van der Waals surface area contributed by atoms with Crippen LogP contribution in [0.2, 0.25) is 0 Å². The Morgan fingerprint density at radius 3 is 2.84 bits per heavy atom. The Morgan fingerprint density at radius 1 is 1.47 bits per heavy atom. The molecule has 0 fully saturated rings. The van der Waals surface area contributed by atoms with Crippen molar-refractivity contribution in [2.24, 2.45) is 7.05 Å². The van der Waals surface area contributed by atoms with Gasteiger partial charge < -0.3 is 9.88 Å². The lowest BCUT2D eigenvalue weighted by Gasteiger charge is -2.12. The molecule has 1 unspecified atom stereocenters. The smallest absolute Gasteiger partial charge is 0.237 e. The van der Waals surface area contributed by atoms with Gasteiger partial charge in [-0.1, -0.05) is 23.9 Å². The second-order valence-electron chi connectivity index (χ2n) is 4.05. The van der Waals surface area contributed by atoms with Gasteiger partial charge in [-0.2, -0.15) is 0 Å². The van der Waals surface area contributed by atoms with Crippen LogP contribution in [-0.4, -0.2) is 20.7 Å². The van der Waals surface area contributed by atoms with Crippen molar-refractivity contribution in [3.63, 3.8) is 0 Å². The quantitative estimate of drug-likeness (QED) is 0.875. The van der Waals surface area contributed by atoms with E-state index in [1.807, 2.05) is 17.8 Å². The molecule has 1 heterocycles. The number of benzene rings is 1. The summed E-state index contributed by atoms with van der Waals surface area (Å²) in [6.07, 6.45) is 3.48. The fourth-order valence-corrected chi connectivity index (χ4v) is 2.31. The first-order valence-corrected chi connectivity index (χ1v) is 6.65. The highest BCUT2D eigenvalue weighted by Gasteiger charge is 2.17. The highest BCUT2D eigenvalue weighted by atomic mass is 32.2. The van der Waals surface area contributed by atoms with Gasteiger partial charge in [-0.25, -0.2) is 9.37 Å². The first-order valence-electron chi connectivity index (χ1n) is 5.77. The summed E-state index contributed by atoms with van der Waals surface area (Å²) < 4.78 is 15.2. The number of imidazole rings is 1. The molecule has 0 radical (unpaired) electrons. The van der Waals surface area contributed by atoms with Crippen LogP contribution in [0.1, 0.15) is 6.92 Å². The van der Waals surface area contributed by atoms with Crippen molar-refractivity contribution in [2.75, 3.05) is 5.32 Å². The Bertz CT molecular complexity index is 585. The topological polar surface area (TPSA) is 46.9 Å². The van der Waals surface area contributed by atoms with Crippen LogP contribution in [0, 0.1) is 5.82 Å². The number of anilines is 1. The predicted octanol–water partition coefficient (Wildman–Crippen LogP) is 2.68. The number of aromatic nitrogens is 2. The van der Waals surface area contributed by atoms with E-state index in [4.69, 9.17) is 0 Å². The van der Waals surface area contributed by atoms with Gasteiger partial charge in [0.25, 0.3) is 0 Å². The van der Waals surface area contributed by atoms with Gasteiger partial charge in [-0.15, -0.1) is 0 Å². The summed E-state index contributed by atoms with van der Waals surface area (Å²) in [7, 11) is 1.86. The van der Waals surface area contributed by atoms with Crippen molar-refractivity contribution in [3.05, 3.63) is 42.5 Å².